The van der Waals surface area contributed by atoms with Gasteiger partial charge in [-0.15, -0.1) is 0 Å². The molecule has 4 rings (SSSR count). The molecule has 35 heavy (non-hydrogen) atoms. The summed E-state index contributed by atoms with van der Waals surface area (Å²) in [5, 5.41) is 0. The molecular weight excluding hydrogens is 472 g/mol. The molecule has 2 aliphatic heterocycles. The maximum absolute atomic E-state index is 13.2. The summed E-state index contributed by atoms with van der Waals surface area (Å²) >= 11 is 0. The highest BCUT2D eigenvalue weighted by Gasteiger charge is 2.38. The topological polar surface area (TPSA) is 115 Å². The summed E-state index contributed by atoms with van der Waals surface area (Å²) in [6, 6.07) is 9.74. The zero-order valence-corrected chi connectivity index (χ0v) is 20.7. The van der Waals surface area contributed by atoms with Crippen LogP contribution in [-0.2, 0) is 35.6 Å². The van der Waals surface area contributed by atoms with E-state index in [-0.39, 0.29) is 34.6 Å². The number of rotatable bonds is 8. The van der Waals surface area contributed by atoms with Gasteiger partial charge in [-0.3, -0.25) is 4.79 Å². The van der Waals surface area contributed by atoms with Crippen LogP contribution in [0.1, 0.15) is 36.8 Å². The predicted octanol–water partition coefficient (Wildman–Crippen LogP) is 2.92. The third-order valence-corrected chi connectivity index (χ3v) is 7.47. The van der Waals surface area contributed by atoms with Gasteiger partial charge in [0.25, 0.3) is 5.91 Å². The summed E-state index contributed by atoms with van der Waals surface area (Å²) in [4.78, 5) is 27.4. The summed E-state index contributed by atoms with van der Waals surface area (Å²) < 4.78 is 43.9. The molecule has 1 N–H and O–H groups in total. The monoisotopic (exact) mass is 500 g/mol. The van der Waals surface area contributed by atoms with E-state index in [9.17, 15) is 18.0 Å². The zero-order chi connectivity index (χ0) is 25.2. The smallest absolute Gasteiger partial charge is 0.340 e. The lowest BCUT2D eigenvalue weighted by Crippen LogP contribution is -2.33. The molecule has 0 aliphatic carbocycles. The number of carbonyl (C=O) groups excluding carboxylic acids is 2. The number of allylic oxidation sites excluding steroid dienone is 1. The number of amides is 1. The van der Waals surface area contributed by atoms with Crippen LogP contribution in [0.2, 0.25) is 0 Å². The quantitative estimate of drug-likeness (QED) is 0.438. The first-order valence-electron chi connectivity index (χ1n) is 11.3. The second-order valence-electron chi connectivity index (χ2n) is 8.50. The molecule has 1 fully saturated rings. The Kier molecular flexibility index (Phi) is 7.25. The lowest BCUT2D eigenvalue weighted by molar-refractivity contribution is -0.136. The van der Waals surface area contributed by atoms with Crippen LogP contribution in [-0.4, -0.2) is 51.6 Å². The van der Waals surface area contributed by atoms with E-state index >= 15 is 0 Å². The number of carbonyl (C=O) groups is 2. The lowest BCUT2D eigenvalue weighted by atomic mass is 10.1. The van der Waals surface area contributed by atoms with Gasteiger partial charge in [0, 0.05) is 12.3 Å². The molecule has 3 heterocycles. The first-order valence-corrected chi connectivity index (χ1v) is 12.8. The highest BCUT2D eigenvalue weighted by molar-refractivity contribution is 7.89. The zero-order valence-electron chi connectivity index (χ0n) is 19.9. The summed E-state index contributed by atoms with van der Waals surface area (Å²) in [6.07, 6.45) is 3.18. The van der Waals surface area contributed by atoms with Gasteiger partial charge in [0.05, 0.1) is 42.3 Å². The van der Waals surface area contributed by atoms with Crippen molar-refractivity contribution in [2.75, 3.05) is 20.3 Å². The maximum atomic E-state index is 13.2. The minimum Gasteiger partial charge on any atom is -0.465 e. The van der Waals surface area contributed by atoms with E-state index < -0.39 is 16.0 Å². The van der Waals surface area contributed by atoms with E-state index in [2.05, 4.69) is 4.72 Å². The van der Waals surface area contributed by atoms with E-state index in [4.69, 9.17) is 13.9 Å². The van der Waals surface area contributed by atoms with Gasteiger partial charge in [-0.25, -0.2) is 17.9 Å². The Morgan fingerprint density at radius 1 is 1.20 bits per heavy atom. The summed E-state index contributed by atoms with van der Waals surface area (Å²) in [7, 11) is -2.45. The maximum Gasteiger partial charge on any atom is 0.340 e. The Morgan fingerprint density at radius 2 is 1.94 bits per heavy atom. The molecule has 9 nitrogen and oxygen atoms in total. The van der Waals surface area contributed by atoms with Crippen LogP contribution in [0.25, 0.3) is 6.08 Å². The van der Waals surface area contributed by atoms with Crippen LogP contribution in [0.4, 0.5) is 0 Å². The first kappa shape index (κ1) is 24.9. The van der Waals surface area contributed by atoms with Crippen molar-refractivity contribution in [2.24, 2.45) is 0 Å². The van der Waals surface area contributed by atoms with Crippen LogP contribution in [0.15, 0.2) is 62.6 Å². The number of ether oxygens (including phenoxy) is 2. The minimum atomic E-state index is -3.71. The Hall–Kier alpha value is -3.21. The number of benzene rings is 1. The Morgan fingerprint density at radius 3 is 2.60 bits per heavy atom. The van der Waals surface area contributed by atoms with Crippen molar-refractivity contribution in [2.45, 2.75) is 44.2 Å². The Bertz CT molecular complexity index is 1280. The number of hydrogen-bond acceptors (Lipinski definition) is 7. The standard InChI is InChI=1S/C25H28N2O7S/c1-16-6-10-21(11-7-16)35(30,31)26-14-19-9-8-18(34-19)13-22-23(25(29)32-3)17(2)27(24(22)28)15-20-5-4-12-33-20/h6-11,13,20,26H,4-5,12,14-15H2,1-3H3/b22-13+/t20-/m0/s1. The van der Waals surface area contributed by atoms with Gasteiger partial charge in [-0.2, -0.15) is 0 Å². The van der Waals surface area contributed by atoms with Gasteiger partial charge in [0.1, 0.15) is 11.5 Å². The number of nitrogens with zero attached hydrogens (tertiary/aromatic N) is 1. The number of methoxy groups -OCH3 is 1. The molecule has 2 aromatic rings. The van der Waals surface area contributed by atoms with Gasteiger partial charge in [0.2, 0.25) is 10.0 Å². The lowest BCUT2D eigenvalue weighted by Gasteiger charge is -2.21. The van der Waals surface area contributed by atoms with Crippen LogP contribution >= 0.6 is 0 Å². The number of nitrogens with one attached hydrogen (secondary N) is 1. The molecule has 1 aromatic heterocycles. The number of esters is 1. The van der Waals surface area contributed by atoms with Crippen molar-refractivity contribution in [3.63, 3.8) is 0 Å². The van der Waals surface area contributed by atoms with Crippen LogP contribution in [0, 0.1) is 6.92 Å². The van der Waals surface area contributed by atoms with E-state index in [1.807, 2.05) is 6.92 Å². The third kappa shape index (κ3) is 5.39. The normalized spacial score (nSPS) is 19.7. The molecule has 1 atom stereocenters. The fraction of sp³-hybridized carbons (Fsp3) is 0.360. The summed E-state index contributed by atoms with van der Waals surface area (Å²) in [6.45, 7) is 4.52. The van der Waals surface area contributed by atoms with Gasteiger partial charge >= 0.3 is 5.97 Å². The second-order valence-corrected chi connectivity index (χ2v) is 10.3. The molecular formula is C25H28N2O7S. The van der Waals surface area contributed by atoms with Gasteiger partial charge in [-0.1, -0.05) is 17.7 Å². The highest BCUT2D eigenvalue weighted by atomic mass is 32.2. The van der Waals surface area contributed by atoms with Crippen LogP contribution < -0.4 is 4.72 Å². The molecule has 0 spiro atoms. The van der Waals surface area contributed by atoms with Crippen molar-refractivity contribution in [3.05, 3.63) is 70.3 Å². The van der Waals surface area contributed by atoms with Crippen molar-refractivity contribution in [3.8, 4) is 0 Å². The Labute approximate surface area is 204 Å². The van der Waals surface area contributed by atoms with Gasteiger partial charge in [0.15, 0.2) is 0 Å². The van der Waals surface area contributed by atoms with Gasteiger partial charge in [-0.05, 0) is 57.0 Å². The largest absolute Gasteiger partial charge is 0.465 e. The van der Waals surface area contributed by atoms with Crippen molar-refractivity contribution in [1.82, 2.24) is 9.62 Å². The van der Waals surface area contributed by atoms with E-state index in [0.717, 1.165) is 18.4 Å². The van der Waals surface area contributed by atoms with Crippen LogP contribution in [0.3, 0.4) is 0 Å². The molecule has 0 unspecified atom stereocenters. The SMILES string of the molecule is COC(=O)C1=C(C)N(C[C@@H]2CCCO2)C(=O)/C1=C/c1ccc(CNS(=O)(=O)c2ccc(C)cc2)o1. The molecule has 10 heteroatoms. The first-order chi connectivity index (χ1) is 16.7. The van der Waals surface area contributed by atoms with E-state index in [0.29, 0.717) is 30.4 Å². The number of hydrogen-bond donors (Lipinski definition) is 1. The molecule has 1 saturated heterocycles. The summed E-state index contributed by atoms with van der Waals surface area (Å²) in [5.74, 6) is -0.286. The van der Waals surface area contributed by atoms with E-state index in [1.54, 1.807) is 31.2 Å². The molecule has 2 aliphatic rings. The van der Waals surface area contributed by atoms with Crippen molar-refractivity contribution >= 4 is 28.0 Å². The van der Waals surface area contributed by atoms with E-state index in [1.165, 1.54) is 30.2 Å². The molecule has 0 bridgehead atoms. The number of furan rings is 1. The molecule has 0 saturated carbocycles. The summed E-state index contributed by atoms with van der Waals surface area (Å²) in [5.41, 5.74) is 1.79. The second kappa shape index (κ2) is 10.2. The molecule has 1 aromatic carbocycles. The minimum absolute atomic E-state index is 0.0722. The predicted molar refractivity (Wildman–Crippen MR) is 127 cm³/mol. The molecule has 0 radical (unpaired) electrons. The highest BCUT2D eigenvalue weighted by Crippen LogP contribution is 2.33. The average molecular weight is 501 g/mol. The van der Waals surface area contributed by atoms with Crippen molar-refractivity contribution < 1.29 is 31.9 Å². The fourth-order valence-corrected chi connectivity index (χ4v) is 5.11. The average Bonchev–Trinajstić information content (AvgIpc) is 3.56. The number of sulfonamides is 1. The van der Waals surface area contributed by atoms with Crippen LogP contribution in [0.5, 0.6) is 0 Å². The van der Waals surface area contributed by atoms with Gasteiger partial charge < -0.3 is 18.8 Å². The molecule has 186 valence electrons. The third-order valence-electron chi connectivity index (χ3n) is 6.05. The Balaban J connectivity index is 1.52. The fourth-order valence-electron chi connectivity index (χ4n) is 4.12. The molecule has 1 amide bonds. The van der Waals surface area contributed by atoms with Crippen molar-refractivity contribution in [1.29, 1.82) is 0 Å². The number of aryl methyl sites for hydroxylation is 1.